The normalized spacial score (nSPS) is 15.3. The van der Waals surface area contributed by atoms with Crippen LogP contribution in [0.15, 0.2) is 42.5 Å². The Hall–Kier alpha value is -3.13. The molecule has 0 bridgehead atoms. The van der Waals surface area contributed by atoms with Gasteiger partial charge in [0.25, 0.3) is 0 Å². The SMILES string of the molecule is COc1ccc(NC(=O)C(C)N2CCN(C(=O)Cc3ccc(F)cc3)CC2)cc1OC. The summed E-state index contributed by atoms with van der Waals surface area (Å²) in [4.78, 5) is 29.1. The number of piperazine rings is 1. The van der Waals surface area contributed by atoms with Gasteiger partial charge in [-0.05, 0) is 36.8 Å². The van der Waals surface area contributed by atoms with Crippen LogP contribution in [0.2, 0.25) is 0 Å². The molecule has 7 nitrogen and oxygen atoms in total. The summed E-state index contributed by atoms with van der Waals surface area (Å²) < 4.78 is 23.5. The number of hydrogen-bond donors (Lipinski definition) is 1. The highest BCUT2D eigenvalue weighted by molar-refractivity contribution is 5.94. The lowest BCUT2D eigenvalue weighted by Crippen LogP contribution is -2.54. The Kier molecular flexibility index (Phi) is 7.46. The Balaban J connectivity index is 1.51. The Labute approximate surface area is 181 Å². The fourth-order valence-corrected chi connectivity index (χ4v) is 3.57. The monoisotopic (exact) mass is 429 g/mol. The molecular weight excluding hydrogens is 401 g/mol. The number of methoxy groups -OCH3 is 2. The van der Waals surface area contributed by atoms with E-state index in [-0.39, 0.29) is 30.1 Å². The predicted molar refractivity (Wildman–Crippen MR) is 116 cm³/mol. The molecule has 1 saturated heterocycles. The van der Waals surface area contributed by atoms with Gasteiger partial charge in [-0.2, -0.15) is 0 Å². The van der Waals surface area contributed by atoms with E-state index in [9.17, 15) is 14.0 Å². The second-order valence-corrected chi connectivity index (χ2v) is 7.45. The molecule has 0 aliphatic carbocycles. The lowest BCUT2D eigenvalue weighted by molar-refractivity contribution is -0.133. The number of carbonyl (C=O) groups is 2. The number of carbonyl (C=O) groups excluding carboxylic acids is 2. The maximum atomic E-state index is 13.0. The molecule has 31 heavy (non-hydrogen) atoms. The first-order valence-electron chi connectivity index (χ1n) is 10.2. The molecule has 2 aromatic rings. The van der Waals surface area contributed by atoms with E-state index < -0.39 is 0 Å². The molecule has 0 radical (unpaired) electrons. The fraction of sp³-hybridized carbons (Fsp3) is 0.391. The van der Waals surface area contributed by atoms with Crippen molar-refractivity contribution in [2.24, 2.45) is 0 Å². The minimum Gasteiger partial charge on any atom is -0.493 e. The third kappa shape index (κ3) is 5.73. The van der Waals surface area contributed by atoms with Crippen molar-refractivity contribution >= 4 is 17.5 Å². The molecule has 1 N–H and O–H groups in total. The average molecular weight is 429 g/mol. The molecule has 3 rings (SSSR count). The predicted octanol–water partition coefficient (Wildman–Crippen LogP) is 2.56. The van der Waals surface area contributed by atoms with Crippen LogP contribution < -0.4 is 14.8 Å². The number of nitrogens with one attached hydrogen (secondary N) is 1. The first kappa shape index (κ1) is 22.6. The minimum atomic E-state index is -0.345. The van der Waals surface area contributed by atoms with Gasteiger partial charge < -0.3 is 19.7 Å². The lowest BCUT2D eigenvalue weighted by atomic mass is 10.1. The van der Waals surface area contributed by atoms with E-state index >= 15 is 0 Å². The topological polar surface area (TPSA) is 71.1 Å². The second-order valence-electron chi connectivity index (χ2n) is 7.45. The number of hydrogen-bond acceptors (Lipinski definition) is 5. The van der Waals surface area contributed by atoms with E-state index in [0.717, 1.165) is 5.56 Å². The zero-order valence-corrected chi connectivity index (χ0v) is 18.1. The van der Waals surface area contributed by atoms with Crippen molar-refractivity contribution in [3.63, 3.8) is 0 Å². The molecule has 0 spiro atoms. The van der Waals surface area contributed by atoms with Crippen LogP contribution in [0.1, 0.15) is 12.5 Å². The third-order valence-electron chi connectivity index (χ3n) is 5.51. The van der Waals surface area contributed by atoms with Gasteiger partial charge in [0.05, 0.1) is 26.7 Å². The van der Waals surface area contributed by atoms with E-state index in [0.29, 0.717) is 43.4 Å². The van der Waals surface area contributed by atoms with Crippen LogP contribution in [0.3, 0.4) is 0 Å². The lowest BCUT2D eigenvalue weighted by Gasteiger charge is -2.37. The van der Waals surface area contributed by atoms with Gasteiger partial charge in [0.2, 0.25) is 11.8 Å². The molecule has 2 aromatic carbocycles. The Morgan fingerprint density at radius 3 is 2.26 bits per heavy atom. The first-order valence-corrected chi connectivity index (χ1v) is 10.2. The highest BCUT2D eigenvalue weighted by atomic mass is 19.1. The summed E-state index contributed by atoms with van der Waals surface area (Å²) in [6, 6.07) is 10.9. The summed E-state index contributed by atoms with van der Waals surface area (Å²) in [6.45, 7) is 4.17. The van der Waals surface area contributed by atoms with Gasteiger partial charge in [0.1, 0.15) is 5.82 Å². The van der Waals surface area contributed by atoms with Gasteiger partial charge in [-0.3, -0.25) is 14.5 Å². The quantitative estimate of drug-likeness (QED) is 0.733. The molecule has 166 valence electrons. The van der Waals surface area contributed by atoms with Crippen molar-refractivity contribution < 1.29 is 23.5 Å². The van der Waals surface area contributed by atoms with E-state index in [4.69, 9.17) is 9.47 Å². The maximum Gasteiger partial charge on any atom is 0.241 e. The summed E-state index contributed by atoms with van der Waals surface area (Å²) in [6.07, 6.45) is 0.246. The highest BCUT2D eigenvalue weighted by Crippen LogP contribution is 2.29. The number of benzene rings is 2. The summed E-state index contributed by atoms with van der Waals surface area (Å²) >= 11 is 0. The number of ether oxygens (including phenoxy) is 2. The minimum absolute atomic E-state index is 0.00805. The van der Waals surface area contributed by atoms with Crippen LogP contribution in [-0.2, 0) is 16.0 Å². The van der Waals surface area contributed by atoms with Crippen LogP contribution in [0.25, 0.3) is 0 Å². The van der Waals surface area contributed by atoms with E-state index in [2.05, 4.69) is 10.2 Å². The molecular formula is C23H28FN3O4. The number of amides is 2. The third-order valence-corrected chi connectivity index (χ3v) is 5.51. The summed E-state index contributed by atoms with van der Waals surface area (Å²) in [7, 11) is 3.10. The zero-order chi connectivity index (χ0) is 22.4. The summed E-state index contributed by atoms with van der Waals surface area (Å²) in [5.41, 5.74) is 1.42. The molecule has 1 fully saturated rings. The fourth-order valence-electron chi connectivity index (χ4n) is 3.57. The molecule has 1 aliphatic rings. The van der Waals surface area contributed by atoms with Gasteiger partial charge in [-0.15, -0.1) is 0 Å². The van der Waals surface area contributed by atoms with E-state index in [1.165, 1.54) is 12.1 Å². The number of nitrogens with zero attached hydrogens (tertiary/aromatic N) is 2. The standard InChI is InChI=1S/C23H28FN3O4/c1-16(23(29)25-19-8-9-20(30-2)21(15-19)31-3)26-10-12-27(13-11-26)22(28)14-17-4-6-18(24)7-5-17/h4-9,15-16H,10-14H2,1-3H3,(H,25,29). The van der Waals surface area contributed by atoms with Gasteiger partial charge in [-0.25, -0.2) is 4.39 Å². The molecule has 1 aliphatic heterocycles. The largest absolute Gasteiger partial charge is 0.493 e. The van der Waals surface area contributed by atoms with Crippen molar-refractivity contribution in [2.45, 2.75) is 19.4 Å². The Morgan fingerprint density at radius 1 is 1.00 bits per heavy atom. The molecule has 0 saturated carbocycles. The van der Waals surface area contributed by atoms with Crippen LogP contribution in [0.5, 0.6) is 11.5 Å². The summed E-state index contributed by atoms with van der Waals surface area (Å²) in [5.74, 6) is 0.702. The van der Waals surface area contributed by atoms with Gasteiger partial charge >= 0.3 is 0 Å². The van der Waals surface area contributed by atoms with Crippen molar-refractivity contribution in [3.8, 4) is 11.5 Å². The molecule has 2 amide bonds. The van der Waals surface area contributed by atoms with Crippen LogP contribution in [0, 0.1) is 5.82 Å². The van der Waals surface area contributed by atoms with E-state index in [1.54, 1.807) is 49.5 Å². The van der Waals surface area contributed by atoms with Crippen molar-refractivity contribution in [3.05, 3.63) is 53.8 Å². The van der Waals surface area contributed by atoms with Gasteiger partial charge in [0.15, 0.2) is 11.5 Å². The van der Waals surface area contributed by atoms with Crippen molar-refractivity contribution in [1.82, 2.24) is 9.80 Å². The average Bonchev–Trinajstić information content (AvgIpc) is 2.80. The Morgan fingerprint density at radius 2 is 1.65 bits per heavy atom. The molecule has 1 heterocycles. The highest BCUT2D eigenvalue weighted by Gasteiger charge is 2.27. The van der Waals surface area contributed by atoms with E-state index in [1.807, 2.05) is 6.92 Å². The second kappa shape index (κ2) is 10.3. The summed E-state index contributed by atoms with van der Waals surface area (Å²) in [5, 5.41) is 2.91. The zero-order valence-electron chi connectivity index (χ0n) is 18.1. The van der Waals surface area contributed by atoms with Crippen LogP contribution in [-0.4, -0.2) is 68.1 Å². The number of anilines is 1. The van der Waals surface area contributed by atoms with Crippen LogP contribution >= 0.6 is 0 Å². The maximum absolute atomic E-state index is 13.0. The molecule has 1 unspecified atom stereocenters. The Bertz CT molecular complexity index is 912. The molecule has 8 heteroatoms. The first-order chi connectivity index (χ1) is 14.9. The van der Waals surface area contributed by atoms with Crippen molar-refractivity contribution in [1.29, 1.82) is 0 Å². The molecule has 1 atom stereocenters. The van der Waals surface area contributed by atoms with Crippen molar-refractivity contribution in [2.75, 3.05) is 45.7 Å². The van der Waals surface area contributed by atoms with Crippen LogP contribution in [0.4, 0.5) is 10.1 Å². The number of halogens is 1. The smallest absolute Gasteiger partial charge is 0.241 e. The number of rotatable bonds is 7. The van der Waals surface area contributed by atoms with Gasteiger partial charge in [-0.1, -0.05) is 12.1 Å². The molecule has 0 aromatic heterocycles. The van der Waals surface area contributed by atoms with Gasteiger partial charge in [0, 0.05) is 37.9 Å².